The molecule has 0 saturated carbocycles. The molecule has 1 fully saturated rings. The molecule has 0 spiro atoms. The van der Waals surface area contributed by atoms with E-state index in [2.05, 4.69) is 85.0 Å². The van der Waals surface area contributed by atoms with Crippen LogP contribution in [0.15, 0.2) is 65.1 Å². The van der Waals surface area contributed by atoms with Crippen molar-refractivity contribution < 1.29 is 14.0 Å². The Morgan fingerprint density at radius 1 is 0.915 bits per heavy atom. The average molecular weight is 639 g/mol. The van der Waals surface area contributed by atoms with Gasteiger partial charge in [-0.05, 0) is 89.8 Å². The first-order valence-electron chi connectivity index (χ1n) is 17.6. The second-order valence-electron chi connectivity index (χ2n) is 12.4. The van der Waals surface area contributed by atoms with Crippen LogP contribution in [0.3, 0.4) is 0 Å². The van der Waals surface area contributed by atoms with Crippen molar-refractivity contribution in [3.8, 4) is 22.5 Å². The third-order valence-electron chi connectivity index (χ3n) is 9.71. The van der Waals surface area contributed by atoms with Gasteiger partial charge in [0.05, 0.1) is 6.07 Å². The summed E-state index contributed by atoms with van der Waals surface area (Å²) in [6.07, 6.45) is 4.29. The number of carbonyl (C=O) groups excluding carboxylic acids is 2. The number of nitrogens with two attached hydrogens (primary N) is 1. The van der Waals surface area contributed by atoms with E-state index in [-0.39, 0.29) is 17.7 Å². The molecular weight excluding hydrogens is 586 g/mol. The number of carbonyl (C=O) groups is 2. The van der Waals surface area contributed by atoms with E-state index in [1.807, 2.05) is 23.1 Å². The summed E-state index contributed by atoms with van der Waals surface area (Å²) in [6, 6.07) is 20.8. The van der Waals surface area contributed by atoms with E-state index in [1.165, 1.54) is 0 Å². The molecule has 2 aliphatic heterocycles. The molecule has 0 aromatic heterocycles. The van der Waals surface area contributed by atoms with Crippen LogP contribution in [0, 0.1) is 5.92 Å². The lowest BCUT2D eigenvalue weighted by atomic mass is 9.89. The predicted octanol–water partition coefficient (Wildman–Crippen LogP) is 5.96. The second-order valence-corrected chi connectivity index (χ2v) is 12.4. The number of piperidine rings is 1. The zero-order valence-electron chi connectivity index (χ0n) is 28.7. The highest BCUT2D eigenvalue weighted by Gasteiger charge is 2.30. The summed E-state index contributed by atoms with van der Waals surface area (Å²) < 4.78 is 8.99. The maximum Gasteiger partial charge on any atom is 0.254 e. The topological polar surface area (TPSA) is 94.8 Å². The monoisotopic (exact) mass is 638 g/mol. The number of unbranched alkanes of at least 4 members (excludes halogenated alkanes) is 2. The van der Waals surface area contributed by atoms with E-state index in [1.54, 1.807) is 0 Å². The lowest BCUT2D eigenvalue weighted by Crippen LogP contribution is -2.43. The fourth-order valence-corrected chi connectivity index (χ4v) is 6.93. The van der Waals surface area contributed by atoms with E-state index in [9.17, 15) is 9.59 Å². The van der Waals surface area contributed by atoms with E-state index >= 15 is 0 Å². The zero-order chi connectivity index (χ0) is 33.3. The summed E-state index contributed by atoms with van der Waals surface area (Å²) in [5, 5.41) is 5.18. The number of hydrogen-bond acceptors (Lipinski definition) is 5. The fraction of sp³-hybridized carbons (Fsp3) is 0.462. The first kappa shape index (κ1) is 34.2. The van der Waals surface area contributed by atoms with Crippen LogP contribution in [-0.4, -0.2) is 69.1 Å². The summed E-state index contributed by atoms with van der Waals surface area (Å²) in [7, 11) is 0. The van der Waals surface area contributed by atoms with Gasteiger partial charge in [-0.2, -0.15) is 0 Å². The number of nitrogens with zero attached hydrogens (tertiary/aromatic N) is 3. The molecule has 1 saturated heterocycles. The van der Waals surface area contributed by atoms with Gasteiger partial charge in [-0.1, -0.05) is 24.6 Å². The Labute approximate surface area is 279 Å². The van der Waals surface area contributed by atoms with Gasteiger partial charge < -0.3 is 25.3 Å². The van der Waals surface area contributed by atoms with Crippen molar-refractivity contribution in [3.63, 3.8) is 0 Å². The number of amides is 2. The van der Waals surface area contributed by atoms with Gasteiger partial charge in [-0.25, -0.2) is 4.58 Å². The maximum atomic E-state index is 14.2. The normalized spacial score (nSPS) is 13.7. The highest BCUT2D eigenvalue weighted by Crippen LogP contribution is 2.42. The van der Waals surface area contributed by atoms with Crippen molar-refractivity contribution in [1.29, 1.82) is 0 Å². The molecule has 0 unspecified atom stereocenters. The number of fused-ring (bicyclic) bond motifs is 2. The van der Waals surface area contributed by atoms with Gasteiger partial charge in [-0.15, -0.1) is 0 Å². The first-order chi connectivity index (χ1) is 22.9. The number of likely N-dealkylation sites (tertiary alicyclic amines) is 1. The van der Waals surface area contributed by atoms with Crippen molar-refractivity contribution in [2.45, 2.75) is 59.8 Å². The van der Waals surface area contributed by atoms with Crippen molar-refractivity contribution >= 4 is 28.5 Å². The SMILES string of the molecule is CCN(CC)c1ccc2c(-c3ccccc3C(=O)N3CCC(C(=O)NCCCCCN)CC3)c3ccc(=[N+](CC)CC)cc-3oc2c1. The van der Waals surface area contributed by atoms with Crippen molar-refractivity contribution in [2.24, 2.45) is 11.7 Å². The third-order valence-corrected chi connectivity index (χ3v) is 9.71. The summed E-state index contributed by atoms with van der Waals surface area (Å²) >= 11 is 0. The van der Waals surface area contributed by atoms with Crippen molar-refractivity contribution in [2.75, 3.05) is 57.3 Å². The molecule has 2 heterocycles. The van der Waals surface area contributed by atoms with Gasteiger partial charge in [0, 0.05) is 78.5 Å². The molecule has 3 N–H and O–H groups in total. The Morgan fingerprint density at radius 2 is 1.66 bits per heavy atom. The molecule has 1 aliphatic carbocycles. The lowest BCUT2D eigenvalue weighted by Gasteiger charge is -2.32. The third kappa shape index (κ3) is 7.54. The second kappa shape index (κ2) is 16.1. The highest BCUT2D eigenvalue weighted by molar-refractivity contribution is 6.09. The first-order valence-corrected chi connectivity index (χ1v) is 17.6. The molecule has 2 amide bonds. The Morgan fingerprint density at radius 3 is 2.36 bits per heavy atom. The molecule has 0 radical (unpaired) electrons. The minimum atomic E-state index is -0.0626. The molecule has 0 bridgehead atoms. The van der Waals surface area contributed by atoms with Crippen molar-refractivity contribution in [1.82, 2.24) is 14.8 Å². The smallest absolute Gasteiger partial charge is 0.254 e. The van der Waals surface area contributed by atoms with Gasteiger partial charge >= 0.3 is 0 Å². The Kier molecular flexibility index (Phi) is 11.7. The van der Waals surface area contributed by atoms with Crippen LogP contribution in [0.5, 0.6) is 0 Å². The van der Waals surface area contributed by atoms with Gasteiger partial charge in [0.25, 0.3) is 5.91 Å². The molecule has 2 aromatic carbocycles. The number of anilines is 1. The van der Waals surface area contributed by atoms with E-state index in [0.29, 0.717) is 44.6 Å². The Balaban J connectivity index is 1.51. The van der Waals surface area contributed by atoms with Crippen LogP contribution in [-0.2, 0) is 4.79 Å². The lowest BCUT2D eigenvalue weighted by molar-refractivity contribution is -0.126. The molecule has 47 heavy (non-hydrogen) atoms. The minimum absolute atomic E-state index is 0.00265. The van der Waals surface area contributed by atoms with Crippen molar-refractivity contribution in [3.05, 3.63) is 71.6 Å². The predicted molar refractivity (Wildman–Crippen MR) is 193 cm³/mol. The van der Waals surface area contributed by atoms with Gasteiger partial charge in [0.2, 0.25) is 11.3 Å². The molecule has 8 heteroatoms. The fourth-order valence-electron chi connectivity index (χ4n) is 6.93. The average Bonchev–Trinajstić information content (AvgIpc) is 3.11. The van der Waals surface area contributed by atoms with Crippen LogP contribution in [0.25, 0.3) is 33.4 Å². The summed E-state index contributed by atoms with van der Waals surface area (Å²) in [5.41, 5.74) is 11.0. The van der Waals surface area contributed by atoms with E-state index < -0.39 is 0 Å². The quantitative estimate of drug-likeness (QED) is 0.107. The number of hydrogen-bond donors (Lipinski definition) is 2. The summed E-state index contributed by atoms with van der Waals surface area (Å²) in [4.78, 5) is 31.3. The van der Waals surface area contributed by atoms with E-state index in [0.717, 1.165) is 89.9 Å². The molecule has 5 rings (SSSR count). The number of rotatable bonds is 13. The largest absolute Gasteiger partial charge is 0.456 e. The maximum absolute atomic E-state index is 14.2. The van der Waals surface area contributed by atoms with E-state index in [4.69, 9.17) is 10.2 Å². The summed E-state index contributed by atoms with van der Waals surface area (Å²) in [6.45, 7) is 14.7. The standard InChI is InChI=1S/C39H51N5O3/c1-5-42(6-2)29-16-18-33-35(26-29)47-36-27-30(43(7-3)8-4)17-19-34(36)37(33)31-14-10-11-15-32(31)39(46)44-24-20-28(21-25-44)38(45)41-23-13-9-12-22-40/h10-11,14-19,26-28H,5-9,12-13,20-25,40H2,1-4H3/p+1. The Hall–Kier alpha value is -4.17. The number of nitrogens with one attached hydrogen (secondary N) is 1. The molecule has 2 aromatic rings. The number of benzene rings is 3. The zero-order valence-corrected chi connectivity index (χ0v) is 28.7. The molecule has 8 nitrogen and oxygen atoms in total. The van der Waals surface area contributed by atoms with Crippen LogP contribution < -0.4 is 25.9 Å². The van der Waals surface area contributed by atoms with Crippen LogP contribution in [0.2, 0.25) is 0 Å². The van der Waals surface area contributed by atoms with Gasteiger partial charge in [-0.3, -0.25) is 9.59 Å². The van der Waals surface area contributed by atoms with Gasteiger partial charge in [0.1, 0.15) is 24.4 Å². The van der Waals surface area contributed by atoms with Crippen LogP contribution >= 0.6 is 0 Å². The molecular formula is C39H52N5O3+. The van der Waals surface area contributed by atoms with Crippen LogP contribution in [0.1, 0.15) is 70.2 Å². The molecule has 250 valence electrons. The molecule has 0 atom stereocenters. The highest BCUT2D eigenvalue weighted by atomic mass is 16.3. The van der Waals surface area contributed by atoms with Crippen LogP contribution in [0.4, 0.5) is 5.69 Å². The minimum Gasteiger partial charge on any atom is -0.456 e. The Bertz CT molecular complexity index is 1710. The summed E-state index contributed by atoms with van der Waals surface area (Å²) in [5.74, 6) is 0.838. The molecule has 3 aliphatic rings. The van der Waals surface area contributed by atoms with Gasteiger partial charge in [0.15, 0.2) is 0 Å².